The first-order valence-corrected chi connectivity index (χ1v) is 5.37. The van der Waals surface area contributed by atoms with Gasteiger partial charge < -0.3 is 11.1 Å². The predicted octanol–water partition coefficient (Wildman–Crippen LogP) is 2.27. The Morgan fingerprint density at radius 3 is 2.93 bits per heavy atom. The molecule has 0 fully saturated rings. The summed E-state index contributed by atoms with van der Waals surface area (Å²) in [5.74, 6) is -0.543. The fourth-order valence-electron chi connectivity index (χ4n) is 1.07. The number of anilines is 1. The second-order valence-corrected chi connectivity index (χ2v) is 3.92. The van der Waals surface area contributed by atoms with Gasteiger partial charge in [0, 0.05) is 10.9 Å². The first-order valence-electron chi connectivity index (χ1n) is 4.58. The lowest BCUT2D eigenvalue weighted by atomic mass is 10.2. The van der Waals surface area contributed by atoms with Crippen molar-refractivity contribution in [2.75, 3.05) is 11.9 Å². The van der Waals surface area contributed by atoms with Gasteiger partial charge in [-0.3, -0.25) is 4.79 Å². The van der Waals surface area contributed by atoms with E-state index in [0.717, 1.165) is 0 Å². The van der Waals surface area contributed by atoms with Crippen molar-refractivity contribution in [3.63, 3.8) is 0 Å². The number of halogens is 2. The highest BCUT2D eigenvalue weighted by Crippen LogP contribution is 2.23. The number of carbonyl (C=O) groups excluding carboxylic acids is 1. The molecule has 0 saturated carbocycles. The van der Waals surface area contributed by atoms with Crippen LogP contribution in [0.5, 0.6) is 0 Å². The van der Waals surface area contributed by atoms with E-state index in [2.05, 4.69) is 21.2 Å². The molecule has 0 aromatic heterocycles. The maximum Gasteiger partial charge on any atom is 0.224 e. The number of benzene rings is 1. The first-order chi connectivity index (χ1) is 7.13. The summed E-state index contributed by atoms with van der Waals surface area (Å²) in [6.07, 6.45) is 0.970. The number of amides is 1. The van der Waals surface area contributed by atoms with E-state index in [1.807, 2.05) is 0 Å². The van der Waals surface area contributed by atoms with Crippen LogP contribution in [-0.4, -0.2) is 12.5 Å². The lowest BCUT2D eigenvalue weighted by Gasteiger charge is -2.06. The summed E-state index contributed by atoms with van der Waals surface area (Å²) in [5.41, 5.74) is 5.72. The number of nitrogens with one attached hydrogen (secondary N) is 1. The van der Waals surface area contributed by atoms with Crippen molar-refractivity contribution in [1.82, 2.24) is 0 Å². The molecular formula is C10H12BrFN2O. The zero-order valence-electron chi connectivity index (χ0n) is 8.09. The minimum absolute atomic E-state index is 0.160. The molecule has 0 radical (unpaired) electrons. The Hall–Kier alpha value is -0.940. The van der Waals surface area contributed by atoms with Gasteiger partial charge in [-0.1, -0.05) is 0 Å². The first kappa shape index (κ1) is 12.1. The van der Waals surface area contributed by atoms with Crippen LogP contribution in [-0.2, 0) is 4.79 Å². The summed E-state index contributed by atoms with van der Waals surface area (Å²) in [6, 6.07) is 4.14. The van der Waals surface area contributed by atoms with Gasteiger partial charge in [-0.05, 0) is 47.1 Å². The van der Waals surface area contributed by atoms with Gasteiger partial charge in [-0.15, -0.1) is 0 Å². The fraction of sp³-hybridized carbons (Fsp3) is 0.300. The van der Waals surface area contributed by atoms with Crippen molar-refractivity contribution < 1.29 is 9.18 Å². The molecule has 0 heterocycles. The standard InChI is InChI=1S/C10H12BrFN2O/c11-8-4-3-7(12)6-9(8)14-10(15)2-1-5-13/h3-4,6H,1-2,5,13H2,(H,14,15). The number of carbonyl (C=O) groups is 1. The Labute approximate surface area is 96.0 Å². The molecule has 3 N–H and O–H groups in total. The fourth-order valence-corrected chi connectivity index (χ4v) is 1.41. The molecule has 0 saturated heterocycles. The minimum Gasteiger partial charge on any atom is -0.330 e. The highest BCUT2D eigenvalue weighted by molar-refractivity contribution is 9.10. The normalized spacial score (nSPS) is 10.1. The van der Waals surface area contributed by atoms with E-state index in [0.29, 0.717) is 29.5 Å². The summed E-state index contributed by atoms with van der Waals surface area (Å²) < 4.78 is 13.5. The summed E-state index contributed by atoms with van der Waals surface area (Å²) in [7, 11) is 0. The topological polar surface area (TPSA) is 55.1 Å². The molecule has 5 heteroatoms. The van der Waals surface area contributed by atoms with Crippen LogP contribution in [0.4, 0.5) is 10.1 Å². The third-order valence-corrected chi connectivity index (χ3v) is 2.50. The van der Waals surface area contributed by atoms with Crippen LogP contribution in [0.1, 0.15) is 12.8 Å². The lowest BCUT2D eigenvalue weighted by Crippen LogP contribution is -2.13. The van der Waals surface area contributed by atoms with Crippen LogP contribution in [0.3, 0.4) is 0 Å². The number of rotatable bonds is 4. The quantitative estimate of drug-likeness (QED) is 0.885. The Morgan fingerprint density at radius 1 is 1.53 bits per heavy atom. The molecule has 1 aromatic rings. The molecule has 1 aromatic carbocycles. The summed E-state index contributed by atoms with van der Waals surface area (Å²) in [6.45, 7) is 0.470. The van der Waals surface area contributed by atoms with Crippen molar-refractivity contribution in [3.8, 4) is 0 Å². The van der Waals surface area contributed by atoms with Crippen molar-refractivity contribution in [2.45, 2.75) is 12.8 Å². The van der Waals surface area contributed by atoms with Gasteiger partial charge in [0.1, 0.15) is 5.82 Å². The molecule has 1 rings (SSSR count). The molecule has 3 nitrogen and oxygen atoms in total. The average Bonchev–Trinajstić information content (AvgIpc) is 2.20. The van der Waals surface area contributed by atoms with Gasteiger partial charge >= 0.3 is 0 Å². The third kappa shape index (κ3) is 3.97. The Morgan fingerprint density at radius 2 is 2.27 bits per heavy atom. The molecule has 0 unspecified atom stereocenters. The third-order valence-electron chi connectivity index (χ3n) is 1.81. The second-order valence-electron chi connectivity index (χ2n) is 3.06. The van der Waals surface area contributed by atoms with Gasteiger partial charge in [0.05, 0.1) is 5.69 Å². The summed E-state index contributed by atoms with van der Waals surface area (Å²) in [4.78, 5) is 11.3. The van der Waals surface area contributed by atoms with Crippen molar-refractivity contribution >= 4 is 27.5 Å². The Balaban J connectivity index is 2.63. The van der Waals surface area contributed by atoms with E-state index in [-0.39, 0.29) is 11.7 Å². The van der Waals surface area contributed by atoms with Gasteiger partial charge in [0.2, 0.25) is 5.91 Å². The van der Waals surface area contributed by atoms with E-state index in [4.69, 9.17) is 5.73 Å². The van der Waals surface area contributed by atoms with Crippen molar-refractivity contribution in [2.24, 2.45) is 5.73 Å². The summed E-state index contributed by atoms with van der Waals surface area (Å²) in [5, 5.41) is 2.60. The SMILES string of the molecule is NCCCC(=O)Nc1cc(F)ccc1Br. The molecule has 0 aliphatic heterocycles. The summed E-state index contributed by atoms with van der Waals surface area (Å²) >= 11 is 3.22. The van der Waals surface area contributed by atoms with Crippen molar-refractivity contribution in [3.05, 3.63) is 28.5 Å². The molecular weight excluding hydrogens is 263 g/mol. The van der Waals surface area contributed by atoms with Crippen LogP contribution in [0.15, 0.2) is 22.7 Å². The number of hydrogen-bond donors (Lipinski definition) is 2. The Kier molecular flexibility index (Phi) is 4.71. The molecule has 0 aliphatic rings. The van der Waals surface area contributed by atoms with E-state index in [1.165, 1.54) is 12.1 Å². The smallest absolute Gasteiger partial charge is 0.224 e. The molecule has 0 aliphatic carbocycles. The lowest BCUT2D eigenvalue weighted by molar-refractivity contribution is -0.116. The molecule has 15 heavy (non-hydrogen) atoms. The van der Waals surface area contributed by atoms with Crippen LogP contribution in [0.2, 0.25) is 0 Å². The largest absolute Gasteiger partial charge is 0.330 e. The average molecular weight is 275 g/mol. The molecule has 0 bridgehead atoms. The highest BCUT2D eigenvalue weighted by atomic mass is 79.9. The minimum atomic E-state index is -0.382. The van der Waals surface area contributed by atoms with Gasteiger partial charge in [0.15, 0.2) is 0 Å². The molecule has 82 valence electrons. The number of hydrogen-bond acceptors (Lipinski definition) is 2. The predicted molar refractivity (Wildman–Crippen MR) is 61.0 cm³/mol. The zero-order valence-corrected chi connectivity index (χ0v) is 9.68. The van der Waals surface area contributed by atoms with Crippen LogP contribution in [0.25, 0.3) is 0 Å². The van der Waals surface area contributed by atoms with Crippen LogP contribution < -0.4 is 11.1 Å². The van der Waals surface area contributed by atoms with Crippen molar-refractivity contribution in [1.29, 1.82) is 0 Å². The van der Waals surface area contributed by atoms with E-state index < -0.39 is 0 Å². The molecule has 0 spiro atoms. The Bertz CT molecular complexity index is 357. The van der Waals surface area contributed by atoms with E-state index in [1.54, 1.807) is 6.07 Å². The maximum absolute atomic E-state index is 12.9. The molecule has 1 amide bonds. The highest BCUT2D eigenvalue weighted by Gasteiger charge is 2.05. The van der Waals surface area contributed by atoms with Gasteiger partial charge in [0.25, 0.3) is 0 Å². The van der Waals surface area contributed by atoms with Gasteiger partial charge in [-0.25, -0.2) is 4.39 Å². The molecule has 0 atom stereocenters. The van der Waals surface area contributed by atoms with E-state index in [9.17, 15) is 9.18 Å². The monoisotopic (exact) mass is 274 g/mol. The van der Waals surface area contributed by atoms with Crippen LogP contribution >= 0.6 is 15.9 Å². The zero-order chi connectivity index (χ0) is 11.3. The van der Waals surface area contributed by atoms with Gasteiger partial charge in [-0.2, -0.15) is 0 Å². The van der Waals surface area contributed by atoms with Crippen LogP contribution in [0, 0.1) is 5.82 Å². The van der Waals surface area contributed by atoms with E-state index >= 15 is 0 Å². The number of nitrogens with two attached hydrogens (primary N) is 1. The maximum atomic E-state index is 12.9. The second kappa shape index (κ2) is 5.82.